The molecule has 256 valence electrons. The minimum Gasteiger partial charge on any atom is -0.424 e. The van der Waals surface area contributed by atoms with Crippen molar-refractivity contribution in [2.75, 3.05) is 0 Å². The fourth-order valence-corrected chi connectivity index (χ4v) is 6.86. The molecule has 1 fully saturated rings. The van der Waals surface area contributed by atoms with Gasteiger partial charge in [0.15, 0.2) is 0 Å². The van der Waals surface area contributed by atoms with Crippen LogP contribution >= 0.6 is 0 Å². The number of rotatable bonds is 16. The molecule has 3 aliphatic rings. The Kier molecular flexibility index (Phi) is 14.3. The predicted molar refractivity (Wildman–Crippen MR) is 196 cm³/mol. The lowest BCUT2D eigenvalue weighted by molar-refractivity contribution is -0.135. The second-order valence-electron chi connectivity index (χ2n) is 15.1. The van der Waals surface area contributed by atoms with Gasteiger partial charge in [-0.05, 0) is 102 Å². The van der Waals surface area contributed by atoms with E-state index in [1.807, 2.05) is 12.2 Å². The zero-order valence-electron chi connectivity index (χ0n) is 30.2. The summed E-state index contributed by atoms with van der Waals surface area (Å²) >= 11 is 0. The van der Waals surface area contributed by atoms with E-state index in [2.05, 4.69) is 83.9 Å². The van der Waals surface area contributed by atoms with Crippen molar-refractivity contribution in [3.05, 3.63) is 108 Å². The second kappa shape index (κ2) is 17.7. The summed E-state index contributed by atoms with van der Waals surface area (Å²) in [5, 5.41) is 0. The summed E-state index contributed by atoms with van der Waals surface area (Å²) < 4.78 is 11.3. The fourth-order valence-electron chi connectivity index (χ4n) is 6.86. The molecule has 0 aliphatic heterocycles. The van der Waals surface area contributed by atoms with Gasteiger partial charge in [0, 0.05) is 22.0 Å². The number of ether oxygens (including phenoxy) is 2. The molecule has 2 unspecified atom stereocenters. The predicted octanol–water partition coefficient (Wildman–Crippen LogP) is 11.9. The highest BCUT2D eigenvalue weighted by Crippen LogP contribution is 2.40. The lowest BCUT2D eigenvalue weighted by atomic mass is 9.76. The Balaban J connectivity index is 1.56. The molecule has 0 amide bonds. The standard InChI is InChI=1S/C43H60O4/c1-10-11-25-42(8)27-36(20-22-38(29-42)46-40(44)32(4)5)18-16-34-12-14-35(15-13-34)17-19-37-21-23-39(47-41(45)33(6)7)30-43(9,28-37)26-24-31(2)3/h20-23,27-30,34-35H,2,4,6,10-19,24-26H2,1,3,5,7-9H3. The molecule has 0 aromatic heterocycles. The highest BCUT2D eigenvalue weighted by Gasteiger charge is 2.27. The van der Waals surface area contributed by atoms with Crippen molar-refractivity contribution in [1.29, 1.82) is 0 Å². The van der Waals surface area contributed by atoms with Gasteiger partial charge in [0.2, 0.25) is 0 Å². The molecule has 3 rings (SSSR count). The first-order chi connectivity index (χ1) is 22.2. The quantitative estimate of drug-likeness (QED) is 0.0957. The Labute approximate surface area is 285 Å². The van der Waals surface area contributed by atoms with Crippen LogP contribution in [-0.2, 0) is 19.1 Å². The Bertz CT molecular complexity index is 1370. The summed E-state index contributed by atoms with van der Waals surface area (Å²) in [6, 6.07) is 0. The number of hydrogen-bond acceptors (Lipinski definition) is 4. The monoisotopic (exact) mass is 640 g/mol. The van der Waals surface area contributed by atoms with E-state index >= 15 is 0 Å². The molecule has 0 N–H and O–H groups in total. The van der Waals surface area contributed by atoms with E-state index in [-0.39, 0.29) is 22.8 Å². The summed E-state index contributed by atoms with van der Waals surface area (Å²) in [6.45, 7) is 23.7. The van der Waals surface area contributed by atoms with Crippen LogP contribution in [0.3, 0.4) is 0 Å². The van der Waals surface area contributed by atoms with Crippen LogP contribution in [0.1, 0.15) is 125 Å². The molecule has 0 aromatic rings. The summed E-state index contributed by atoms with van der Waals surface area (Å²) in [6.07, 6.45) is 31.9. The number of hydrogen-bond donors (Lipinski definition) is 0. The van der Waals surface area contributed by atoms with E-state index < -0.39 is 0 Å². The molecule has 0 heterocycles. The van der Waals surface area contributed by atoms with E-state index in [0.29, 0.717) is 22.7 Å². The molecule has 0 aromatic carbocycles. The molecule has 2 atom stereocenters. The van der Waals surface area contributed by atoms with Crippen LogP contribution in [-0.4, -0.2) is 11.9 Å². The summed E-state index contributed by atoms with van der Waals surface area (Å²) in [7, 11) is 0. The third-order valence-electron chi connectivity index (χ3n) is 9.82. The zero-order chi connectivity index (χ0) is 34.6. The van der Waals surface area contributed by atoms with Crippen LogP contribution in [0.4, 0.5) is 0 Å². The van der Waals surface area contributed by atoms with Gasteiger partial charge >= 0.3 is 11.9 Å². The maximum atomic E-state index is 12.3. The first-order valence-electron chi connectivity index (χ1n) is 17.8. The Hall–Kier alpha value is -3.40. The molecule has 0 bridgehead atoms. The highest BCUT2D eigenvalue weighted by atomic mass is 16.5. The molecule has 4 nitrogen and oxygen atoms in total. The number of allylic oxidation sites excluding steroid dienone is 11. The number of esters is 2. The van der Waals surface area contributed by atoms with Crippen molar-refractivity contribution in [2.24, 2.45) is 22.7 Å². The summed E-state index contributed by atoms with van der Waals surface area (Å²) in [4.78, 5) is 24.5. The second-order valence-corrected chi connectivity index (χ2v) is 15.1. The number of carbonyl (C=O) groups excluding carboxylic acids is 2. The topological polar surface area (TPSA) is 52.6 Å². The molecule has 1 saturated carbocycles. The molecule has 0 radical (unpaired) electrons. The minimum atomic E-state index is -0.384. The first-order valence-corrected chi connectivity index (χ1v) is 17.8. The van der Waals surface area contributed by atoms with Crippen LogP contribution in [0.2, 0.25) is 0 Å². The average Bonchev–Trinajstić information content (AvgIpc) is 3.28. The van der Waals surface area contributed by atoms with E-state index in [1.54, 1.807) is 13.8 Å². The van der Waals surface area contributed by atoms with Crippen molar-refractivity contribution < 1.29 is 19.1 Å². The largest absolute Gasteiger partial charge is 0.424 e. The molecular formula is C43H60O4. The van der Waals surface area contributed by atoms with Crippen molar-refractivity contribution >= 4 is 11.9 Å². The molecular weight excluding hydrogens is 580 g/mol. The molecule has 3 aliphatic carbocycles. The van der Waals surface area contributed by atoms with Gasteiger partial charge in [-0.25, -0.2) is 9.59 Å². The van der Waals surface area contributed by atoms with E-state index in [4.69, 9.17) is 9.47 Å². The van der Waals surface area contributed by atoms with Crippen LogP contribution in [0.5, 0.6) is 0 Å². The van der Waals surface area contributed by atoms with Gasteiger partial charge < -0.3 is 9.47 Å². The molecule has 0 spiro atoms. The Morgan fingerprint density at radius 1 is 0.702 bits per heavy atom. The molecule has 4 heteroatoms. The normalized spacial score (nSPS) is 25.7. The Morgan fingerprint density at radius 2 is 1.13 bits per heavy atom. The van der Waals surface area contributed by atoms with Gasteiger partial charge in [-0.1, -0.05) is 113 Å². The van der Waals surface area contributed by atoms with Gasteiger partial charge in [-0.15, -0.1) is 6.58 Å². The SMILES string of the molecule is C=C(C)CCC1(C)C=C(CCC2CCC(CCC3=CC(C)(CCCC)C=C(OC(=O)C(=C)C)C=C3)CC2)C=CC(OC(=O)C(=C)C)=C1. The van der Waals surface area contributed by atoms with E-state index in [9.17, 15) is 9.59 Å². The van der Waals surface area contributed by atoms with Crippen LogP contribution in [0.25, 0.3) is 0 Å². The van der Waals surface area contributed by atoms with Gasteiger partial charge in [-0.2, -0.15) is 0 Å². The Morgan fingerprint density at radius 3 is 1.51 bits per heavy atom. The van der Waals surface area contributed by atoms with E-state index in [1.165, 1.54) is 49.7 Å². The third kappa shape index (κ3) is 13.0. The van der Waals surface area contributed by atoms with Crippen molar-refractivity contribution in [3.8, 4) is 0 Å². The van der Waals surface area contributed by atoms with Crippen molar-refractivity contribution in [2.45, 2.75) is 125 Å². The lowest BCUT2D eigenvalue weighted by Gasteiger charge is -2.29. The van der Waals surface area contributed by atoms with Crippen LogP contribution in [0, 0.1) is 22.7 Å². The zero-order valence-corrected chi connectivity index (χ0v) is 30.2. The van der Waals surface area contributed by atoms with Gasteiger partial charge in [-0.3, -0.25) is 0 Å². The molecule has 47 heavy (non-hydrogen) atoms. The smallest absolute Gasteiger partial charge is 0.338 e. The van der Waals surface area contributed by atoms with Gasteiger partial charge in [0.25, 0.3) is 0 Å². The fraction of sp³-hybridized carbons (Fsp3) is 0.535. The van der Waals surface area contributed by atoms with Gasteiger partial charge in [0.1, 0.15) is 11.5 Å². The first kappa shape index (κ1) is 38.1. The summed E-state index contributed by atoms with van der Waals surface area (Å²) in [5.74, 6) is 1.95. The average molecular weight is 641 g/mol. The van der Waals surface area contributed by atoms with Crippen molar-refractivity contribution in [1.82, 2.24) is 0 Å². The third-order valence-corrected chi connectivity index (χ3v) is 9.82. The maximum Gasteiger partial charge on any atom is 0.338 e. The highest BCUT2D eigenvalue weighted by molar-refractivity contribution is 5.88. The van der Waals surface area contributed by atoms with E-state index in [0.717, 1.165) is 62.4 Å². The lowest BCUT2D eigenvalue weighted by Crippen LogP contribution is -2.16. The number of unbranched alkanes of at least 4 members (excludes halogenated alkanes) is 1. The van der Waals surface area contributed by atoms with Gasteiger partial charge in [0.05, 0.1) is 0 Å². The van der Waals surface area contributed by atoms with Crippen LogP contribution < -0.4 is 0 Å². The summed E-state index contributed by atoms with van der Waals surface area (Å²) in [5.41, 5.74) is 4.27. The van der Waals surface area contributed by atoms with Crippen LogP contribution in [0.15, 0.2) is 108 Å². The molecule has 0 saturated heterocycles. The number of carbonyl (C=O) groups is 2. The maximum absolute atomic E-state index is 12.3. The minimum absolute atomic E-state index is 0.137. The van der Waals surface area contributed by atoms with Crippen molar-refractivity contribution in [3.63, 3.8) is 0 Å².